The first kappa shape index (κ1) is 12.5. The second-order valence-corrected chi connectivity index (χ2v) is 6.19. The Kier molecular flexibility index (Phi) is 3.60. The van der Waals surface area contributed by atoms with Gasteiger partial charge >= 0.3 is 0 Å². The van der Waals surface area contributed by atoms with E-state index in [4.69, 9.17) is 11.6 Å². The molecule has 1 spiro atoms. The quantitative estimate of drug-likeness (QED) is 0.883. The van der Waals surface area contributed by atoms with Gasteiger partial charge in [-0.1, -0.05) is 36.6 Å². The summed E-state index contributed by atoms with van der Waals surface area (Å²) in [6, 6.07) is 8.26. The van der Waals surface area contributed by atoms with E-state index in [2.05, 4.69) is 22.3 Å². The van der Waals surface area contributed by atoms with Crippen LogP contribution in [0.1, 0.15) is 31.2 Å². The predicted molar refractivity (Wildman–Crippen MR) is 75.9 cm³/mol. The summed E-state index contributed by atoms with van der Waals surface area (Å²) in [6.45, 7) is 4.50. The minimum absolute atomic E-state index is 0.414. The molecule has 2 fully saturated rings. The lowest BCUT2D eigenvalue weighted by Gasteiger charge is -2.41. The number of nitrogens with zero attached hydrogens (tertiary/aromatic N) is 1. The van der Waals surface area contributed by atoms with Crippen molar-refractivity contribution in [2.75, 3.05) is 19.6 Å². The highest BCUT2D eigenvalue weighted by Crippen LogP contribution is 2.32. The fourth-order valence-corrected chi connectivity index (χ4v) is 3.67. The molecule has 0 atom stereocenters. The van der Waals surface area contributed by atoms with Crippen LogP contribution in [0.15, 0.2) is 24.3 Å². The third-order valence-electron chi connectivity index (χ3n) is 4.31. The van der Waals surface area contributed by atoms with Gasteiger partial charge in [-0.3, -0.25) is 4.90 Å². The van der Waals surface area contributed by atoms with Gasteiger partial charge in [-0.25, -0.2) is 0 Å². The van der Waals surface area contributed by atoms with E-state index in [0.29, 0.717) is 5.54 Å². The fourth-order valence-electron chi connectivity index (χ4n) is 3.46. The smallest absolute Gasteiger partial charge is 0.0409 e. The summed E-state index contributed by atoms with van der Waals surface area (Å²) in [7, 11) is 0. The van der Waals surface area contributed by atoms with Crippen LogP contribution >= 0.6 is 11.6 Å². The molecule has 1 aliphatic heterocycles. The maximum atomic E-state index is 6.05. The zero-order chi connectivity index (χ0) is 12.4. The largest absolute Gasteiger partial charge is 0.309 e. The Balaban J connectivity index is 1.66. The van der Waals surface area contributed by atoms with Gasteiger partial charge in [-0.2, -0.15) is 0 Å². The molecule has 0 bridgehead atoms. The van der Waals surface area contributed by atoms with Crippen LogP contribution in [-0.4, -0.2) is 30.1 Å². The van der Waals surface area contributed by atoms with Crippen molar-refractivity contribution in [3.05, 3.63) is 34.9 Å². The number of hydrogen-bond acceptors (Lipinski definition) is 2. The second-order valence-electron chi connectivity index (χ2n) is 5.75. The molecule has 1 aromatic rings. The standard InChI is InChI=1S/C15H21ClN2/c16-14-5-3-4-13(10-14)11-18-9-8-17-15(12-18)6-1-2-7-15/h3-5,10,17H,1-2,6-9,11-12H2. The van der Waals surface area contributed by atoms with Crippen molar-refractivity contribution in [1.29, 1.82) is 0 Å². The Bertz CT molecular complexity index is 413. The molecule has 0 amide bonds. The van der Waals surface area contributed by atoms with E-state index >= 15 is 0 Å². The van der Waals surface area contributed by atoms with Crippen LogP contribution in [0, 0.1) is 0 Å². The van der Waals surface area contributed by atoms with Crippen LogP contribution in [0.3, 0.4) is 0 Å². The Morgan fingerprint density at radius 1 is 1.28 bits per heavy atom. The maximum absolute atomic E-state index is 6.05. The molecule has 1 aliphatic carbocycles. The molecule has 1 N–H and O–H groups in total. The third-order valence-corrected chi connectivity index (χ3v) is 4.55. The fraction of sp³-hybridized carbons (Fsp3) is 0.600. The minimum atomic E-state index is 0.414. The van der Waals surface area contributed by atoms with Gasteiger partial charge < -0.3 is 5.32 Å². The van der Waals surface area contributed by atoms with Crippen molar-refractivity contribution in [3.8, 4) is 0 Å². The number of piperazine rings is 1. The molecule has 0 unspecified atom stereocenters. The molecule has 98 valence electrons. The van der Waals surface area contributed by atoms with Gasteiger partial charge in [0.2, 0.25) is 0 Å². The first-order valence-electron chi connectivity index (χ1n) is 6.98. The molecule has 1 aromatic carbocycles. The van der Waals surface area contributed by atoms with Gasteiger partial charge in [-0.05, 0) is 30.5 Å². The van der Waals surface area contributed by atoms with Gasteiger partial charge in [0.25, 0.3) is 0 Å². The normalized spacial score (nSPS) is 23.6. The molecular formula is C15H21ClN2. The molecular weight excluding hydrogens is 244 g/mol. The van der Waals surface area contributed by atoms with Gasteiger partial charge in [-0.15, -0.1) is 0 Å². The van der Waals surface area contributed by atoms with E-state index < -0.39 is 0 Å². The number of rotatable bonds is 2. The highest BCUT2D eigenvalue weighted by Gasteiger charge is 2.37. The molecule has 18 heavy (non-hydrogen) atoms. The van der Waals surface area contributed by atoms with E-state index in [1.165, 1.54) is 37.8 Å². The summed E-state index contributed by atoms with van der Waals surface area (Å²) in [6.07, 6.45) is 5.47. The van der Waals surface area contributed by atoms with E-state index in [1.54, 1.807) is 0 Å². The summed E-state index contributed by atoms with van der Waals surface area (Å²) in [5, 5.41) is 4.60. The van der Waals surface area contributed by atoms with Gasteiger partial charge in [0.15, 0.2) is 0 Å². The number of hydrogen-bond donors (Lipinski definition) is 1. The highest BCUT2D eigenvalue weighted by molar-refractivity contribution is 6.30. The monoisotopic (exact) mass is 264 g/mol. The van der Waals surface area contributed by atoms with E-state index in [-0.39, 0.29) is 0 Å². The SMILES string of the molecule is Clc1cccc(CN2CCNC3(CCCC3)C2)c1. The molecule has 1 saturated carbocycles. The Morgan fingerprint density at radius 2 is 2.11 bits per heavy atom. The lowest BCUT2D eigenvalue weighted by Crippen LogP contribution is -2.58. The lowest BCUT2D eigenvalue weighted by molar-refractivity contribution is 0.129. The minimum Gasteiger partial charge on any atom is -0.309 e. The van der Waals surface area contributed by atoms with Crippen molar-refractivity contribution < 1.29 is 0 Å². The Hall–Kier alpha value is -0.570. The summed E-state index contributed by atoms with van der Waals surface area (Å²) in [5.74, 6) is 0. The first-order chi connectivity index (χ1) is 8.76. The summed E-state index contributed by atoms with van der Waals surface area (Å²) >= 11 is 6.05. The third kappa shape index (κ3) is 2.71. The van der Waals surface area contributed by atoms with E-state index in [9.17, 15) is 0 Å². The van der Waals surface area contributed by atoms with Crippen molar-refractivity contribution in [3.63, 3.8) is 0 Å². The van der Waals surface area contributed by atoms with E-state index in [1.807, 2.05) is 12.1 Å². The Labute approximate surface area is 114 Å². The van der Waals surface area contributed by atoms with Crippen molar-refractivity contribution >= 4 is 11.6 Å². The first-order valence-corrected chi connectivity index (χ1v) is 7.35. The van der Waals surface area contributed by atoms with Crippen LogP contribution in [-0.2, 0) is 6.54 Å². The van der Waals surface area contributed by atoms with Crippen LogP contribution in [0.2, 0.25) is 5.02 Å². The zero-order valence-electron chi connectivity index (χ0n) is 10.8. The molecule has 0 radical (unpaired) electrons. The van der Waals surface area contributed by atoms with Gasteiger partial charge in [0.1, 0.15) is 0 Å². The van der Waals surface area contributed by atoms with Crippen molar-refractivity contribution in [1.82, 2.24) is 10.2 Å². The number of halogens is 1. The predicted octanol–water partition coefficient (Wildman–Crippen LogP) is 3.06. The average Bonchev–Trinajstić information content (AvgIpc) is 2.77. The van der Waals surface area contributed by atoms with Crippen molar-refractivity contribution in [2.45, 2.75) is 37.8 Å². The lowest BCUT2D eigenvalue weighted by atomic mass is 9.94. The zero-order valence-corrected chi connectivity index (χ0v) is 11.5. The molecule has 1 heterocycles. The van der Waals surface area contributed by atoms with Gasteiger partial charge in [0, 0.05) is 36.7 Å². The molecule has 0 aromatic heterocycles. The molecule has 3 heteroatoms. The summed E-state index contributed by atoms with van der Waals surface area (Å²) < 4.78 is 0. The van der Waals surface area contributed by atoms with Gasteiger partial charge in [0.05, 0.1) is 0 Å². The van der Waals surface area contributed by atoms with Crippen LogP contribution in [0.5, 0.6) is 0 Å². The van der Waals surface area contributed by atoms with Crippen LogP contribution in [0.4, 0.5) is 0 Å². The second kappa shape index (κ2) is 5.20. The van der Waals surface area contributed by atoms with Crippen molar-refractivity contribution in [2.24, 2.45) is 0 Å². The average molecular weight is 265 g/mol. The number of benzene rings is 1. The van der Waals surface area contributed by atoms with E-state index in [0.717, 1.165) is 24.7 Å². The molecule has 1 saturated heterocycles. The maximum Gasteiger partial charge on any atom is 0.0409 e. The molecule has 2 aliphatic rings. The summed E-state index contributed by atoms with van der Waals surface area (Å²) in [4.78, 5) is 2.58. The highest BCUT2D eigenvalue weighted by atomic mass is 35.5. The molecule has 3 rings (SSSR count). The number of nitrogens with one attached hydrogen (secondary N) is 1. The Morgan fingerprint density at radius 3 is 2.89 bits per heavy atom. The topological polar surface area (TPSA) is 15.3 Å². The van der Waals surface area contributed by atoms with Crippen LogP contribution in [0.25, 0.3) is 0 Å². The van der Waals surface area contributed by atoms with Crippen LogP contribution < -0.4 is 5.32 Å². The summed E-state index contributed by atoms with van der Waals surface area (Å²) in [5.41, 5.74) is 1.74. The molecule has 2 nitrogen and oxygen atoms in total.